The van der Waals surface area contributed by atoms with Crippen molar-refractivity contribution in [3.63, 3.8) is 0 Å². The largest absolute Gasteiger partial charge is 0.481 e. The Kier molecular flexibility index (Phi) is 1.84. The van der Waals surface area contributed by atoms with Gasteiger partial charge in [-0.2, -0.15) is 0 Å². The van der Waals surface area contributed by atoms with Gasteiger partial charge in [-0.3, -0.25) is 4.79 Å². The van der Waals surface area contributed by atoms with E-state index in [1.807, 2.05) is 13.2 Å². The summed E-state index contributed by atoms with van der Waals surface area (Å²) >= 11 is 0. The molecule has 0 aliphatic heterocycles. The minimum Gasteiger partial charge on any atom is -0.481 e. The van der Waals surface area contributed by atoms with Gasteiger partial charge in [0.05, 0.1) is 5.92 Å². The van der Waals surface area contributed by atoms with Gasteiger partial charge in [0.15, 0.2) is 0 Å². The van der Waals surface area contributed by atoms with E-state index >= 15 is 0 Å². The number of aryl methyl sites for hydroxylation is 1. The first-order chi connectivity index (χ1) is 7.66. The first kappa shape index (κ1) is 9.46. The average Bonchev–Trinajstić information content (AvgIpc) is 2.99. The third-order valence-corrected chi connectivity index (χ3v) is 3.45. The summed E-state index contributed by atoms with van der Waals surface area (Å²) in [7, 11) is 2.01. The summed E-state index contributed by atoms with van der Waals surface area (Å²) < 4.78 is 2.07. The molecule has 3 rings (SSSR count). The number of hydrogen-bond acceptors (Lipinski definition) is 1. The standard InChI is InChI=1S/C13H13NO2/c1-14-5-4-9-6-8(2-3-12(9)14)10-7-11(10)13(15)16/h2-6,10-11H,7H2,1H3,(H,15,16). The number of rotatable bonds is 2. The molecule has 1 N–H and O–H groups in total. The summed E-state index contributed by atoms with van der Waals surface area (Å²) in [6.45, 7) is 0. The maximum Gasteiger partial charge on any atom is 0.307 e. The van der Waals surface area contributed by atoms with Crippen LogP contribution in [0.25, 0.3) is 10.9 Å². The van der Waals surface area contributed by atoms with Crippen LogP contribution >= 0.6 is 0 Å². The summed E-state index contributed by atoms with van der Waals surface area (Å²) in [5, 5.41) is 10.1. The molecule has 0 spiro atoms. The van der Waals surface area contributed by atoms with Crippen LogP contribution in [0.3, 0.4) is 0 Å². The van der Waals surface area contributed by atoms with E-state index in [1.54, 1.807) is 0 Å². The Bertz CT molecular complexity index is 570. The smallest absolute Gasteiger partial charge is 0.307 e. The number of carboxylic acids is 1. The van der Waals surface area contributed by atoms with E-state index in [4.69, 9.17) is 5.11 Å². The van der Waals surface area contributed by atoms with E-state index in [0.29, 0.717) is 0 Å². The third-order valence-electron chi connectivity index (χ3n) is 3.45. The highest BCUT2D eigenvalue weighted by atomic mass is 16.4. The van der Waals surface area contributed by atoms with Crippen molar-refractivity contribution in [1.29, 1.82) is 0 Å². The lowest BCUT2D eigenvalue weighted by molar-refractivity contribution is -0.138. The van der Waals surface area contributed by atoms with E-state index < -0.39 is 5.97 Å². The van der Waals surface area contributed by atoms with Crippen molar-refractivity contribution < 1.29 is 9.90 Å². The van der Waals surface area contributed by atoms with Crippen LogP contribution in [0, 0.1) is 5.92 Å². The molecular formula is C13H13NO2. The number of aromatic nitrogens is 1. The van der Waals surface area contributed by atoms with Crippen molar-refractivity contribution in [2.45, 2.75) is 12.3 Å². The van der Waals surface area contributed by atoms with Gasteiger partial charge in [0, 0.05) is 18.8 Å². The fourth-order valence-electron chi connectivity index (χ4n) is 2.37. The molecule has 0 saturated heterocycles. The van der Waals surface area contributed by atoms with Gasteiger partial charge >= 0.3 is 5.97 Å². The van der Waals surface area contributed by atoms with Gasteiger partial charge < -0.3 is 9.67 Å². The van der Waals surface area contributed by atoms with Crippen LogP contribution in [0.4, 0.5) is 0 Å². The number of carboxylic acid groups (broad SMARTS) is 1. The van der Waals surface area contributed by atoms with Crippen molar-refractivity contribution in [3.05, 3.63) is 36.0 Å². The first-order valence-electron chi connectivity index (χ1n) is 5.44. The maximum atomic E-state index is 10.8. The second-order valence-electron chi connectivity index (χ2n) is 4.53. The maximum absolute atomic E-state index is 10.8. The lowest BCUT2D eigenvalue weighted by Crippen LogP contribution is -1.98. The fraction of sp³-hybridized carbons (Fsp3) is 0.308. The van der Waals surface area contributed by atoms with Gasteiger partial charge in [-0.25, -0.2) is 0 Å². The van der Waals surface area contributed by atoms with Crippen molar-refractivity contribution in [1.82, 2.24) is 4.57 Å². The zero-order valence-electron chi connectivity index (χ0n) is 9.05. The van der Waals surface area contributed by atoms with E-state index in [0.717, 1.165) is 12.0 Å². The van der Waals surface area contributed by atoms with Crippen molar-refractivity contribution >= 4 is 16.9 Å². The first-order valence-corrected chi connectivity index (χ1v) is 5.44. The molecule has 0 radical (unpaired) electrons. The highest BCUT2D eigenvalue weighted by Crippen LogP contribution is 2.47. The molecule has 3 heteroatoms. The molecule has 1 aliphatic carbocycles. The second-order valence-corrected chi connectivity index (χ2v) is 4.53. The summed E-state index contributed by atoms with van der Waals surface area (Å²) in [6, 6.07) is 8.30. The number of fused-ring (bicyclic) bond motifs is 1. The topological polar surface area (TPSA) is 42.2 Å². The van der Waals surface area contributed by atoms with Crippen molar-refractivity contribution in [3.8, 4) is 0 Å². The number of hydrogen-bond donors (Lipinski definition) is 1. The molecule has 1 aliphatic rings. The molecule has 0 amide bonds. The number of carbonyl (C=O) groups is 1. The van der Waals surface area contributed by atoms with Gasteiger partial charge in [0.2, 0.25) is 0 Å². The van der Waals surface area contributed by atoms with Gasteiger partial charge in [-0.15, -0.1) is 0 Å². The second kappa shape index (κ2) is 3.11. The molecule has 1 saturated carbocycles. The van der Waals surface area contributed by atoms with Crippen LogP contribution in [0.1, 0.15) is 17.9 Å². The van der Waals surface area contributed by atoms with Crippen LogP contribution in [0.15, 0.2) is 30.5 Å². The predicted molar refractivity (Wildman–Crippen MR) is 61.4 cm³/mol. The molecule has 1 aromatic heterocycles. The normalized spacial score (nSPS) is 23.6. The van der Waals surface area contributed by atoms with Crippen LogP contribution in [0.5, 0.6) is 0 Å². The summed E-state index contributed by atoms with van der Waals surface area (Å²) in [5.41, 5.74) is 2.35. The van der Waals surface area contributed by atoms with Crippen molar-refractivity contribution in [2.24, 2.45) is 13.0 Å². The Hall–Kier alpha value is -1.77. The van der Waals surface area contributed by atoms with E-state index in [1.165, 1.54) is 10.9 Å². The molecule has 1 heterocycles. The third kappa shape index (κ3) is 1.32. The Morgan fingerprint density at radius 2 is 2.25 bits per heavy atom. The van der Waals surface area contributed by atoms with Crippen LogP contribution in [0.2, 0.25) is 0 Å². The van der Waals surface area contributed by atoms with Crippen molar-refractivity contribution in [2.75, 3.05) is 0 Å². The SMILES string of the molecule is Cn1ccc2cc(C3CC3C(=O)O)ccc21. The number of nitrogens with zero attached hydrogens (tertiary/aromatic N) is 1. The van der Waals surface area contributed by atoms with Gasteiger partial charge in [0.25, 0.3) is 0 Å². The zero-order chi connectivity index (χ0) is 11.3. The molecule has 2 atom stereocenters. The monoisotopic (exact) mass is 215 g/mol. The summed E-state index contributed by atoms with van der Waals surface area (Å²) in [4.78, 5) is 10.8. The van der Waals surface area contributed by atoms with E-state index in [-0.39, 0.29) is 11.8 Å². The Balaban J connectivity index is 1.98. The molecule has 3 nitrogen and oxygen atoms in total. The van der Waals surface area contributed by atoms with Crippen LogP contribution < -0.4 is 0 Å². The minimum atomic E-state index is -0.668. The lowest BCUT2D eigenvalue weighted by atomic mass is 10.1. The number of benzene rings is 1. The fourth-order valence-corrected chi connectivity index (χ4v) is 2.37. The highest BCUT2D eigenvalue weighted by Gasteiger charge is 2.44. The van der Waals surface area contributed by atoms with Crippen LogP contribution in [-0.4, -0.2) is 15.6 Å². The molecule has 2 aromatic rings. The average molecular weight is 215 g/mol. The quantitative estimate of drug-likeness (QED) is 0.835. The molecule has 16 heavy (non-hydrogen) atoms. The Morgan fingerprint density at radius 3 is 2.94 bits per heavy atom. The summed E-state index contributed by atoms with van der Waals surface area (Å²) in [6.07, 6.45) is 2.81. The molecule has 1 aromatic carbocycles. The Labute approximate surface area is 93.3 Å². The molecule has 0 bridgehead atoms. The highest BCUT2D eigenvalue weighted by molar-refractivity contribution is 5.82. The van der Waals surface area contributed by atoms with E-state index in [2.05, 4.69) is 28.8 Å². The zero-order valence-corrected chi connectivity index (χ0v) is 9.05. The van der Waals surface area contributed by atoms with E-state index in [9.17, 15) is 4.79 Å². The summed E-state index contributed by atoms with van der Waals surface area (Å²) in [5.74, 6) is -0.610. The molecule has 1 fully saturated rings. The molecular weight excluding hydrogens is 202 g/mol. The molecule has 2 unspecified atom stereocenters. The number of aliphatic carboxylic acids is 1. The predicted octanol–water partition coefficient (Wildman–Crippen LogP) is 2.37. The minimum absolute atomic E-state index is 0.166. The van der Waals surface area contributed by atoms with Gasteiger partial charge in [-0.05, 0) is 41.5 Å². The lowest BCUT2D eigenvalue weighted by Gasteiger charge is -2.00. The molecule has 82 valence electrons. The van der Waals surface area contributed by atoms with Crippen LogP contribution in [-0.2, 0) is 11.8 Å². The van der Waals surface area contributed by atoms with Gasteiger partial charge in [0.1, 0.15) is 0 Å². The Morgan fingerprint density at radius 1 is 1.44 bits per heavy atom. The van der Waals surface area contributed by atoms with Gasteiger partial charge in [-0.1, -0.05) is 6.07 Å².